The topological polar surface area (TPSA) is 91.3 Å². The van der Waals surface area contributed by atoms with Gasteiger partial charge < -0.3 is 19.4 Å². The predicted octanol–water partition coefficient (Wildman–Crippen LogP) is 1.59. The molecule has 0 aliphatic carbocycles. The maximum Gasteiger partial charge on any atom is 0.261 e. The highest BCUT2D eigenvalue weighted by molar-refractivity contribution is 5.79. The molecule has 3 aliphatic heterocycles. The molecule has 0 unspecified atom stereocenters. The first kappa shape index (κ1) is 19.1. The summed E-state index contributed by atoms with van der Waals surface area (Å²) in [7, 11) is 0. The summed E-state index contributed by atoms with van der Waals surface area (Å²) in [6, 6.07) is 3.86. The lowest BCUT2D eigenvalue weighted by molar-refractivity contribution is -0.137. The van der Waals surface area contributed by atoms with Crippen molar-refractivity contribution >= 4 is 11.8 Å². The number of likely N-dealkylation sites (tertiary alicyclic amines) is 2. The van der Waals surface area contributed by atoms with E-state index < -0.39 is 0 Å². The van der Waals surface area contributed by atoms with Crippen LogP contribution in [0.4, 0.5) is 0 Å². The summed E-state index contributed by atoms with van der Waals surface area (Å²) in [6.07, 6.45) is 7.35. The van der Waals surface area contributed by atoms with Crippen LogP contribution >= 0.6 is 0 Å². The van der Waals surface area contributed by atoms with Crippen LogP contribution in [-0.4, -0.2) is 62.3 Å². The van der Waals surface area contributed by atoms with Crippen LogP contribution in [0.25, 0.3) is 11.4 Å². The molecule has 30 heavy (non-hydrogen) atoms. The molecule has 2 atom stereocenters. The Morgan fingerprint density at radius 2 is 2.07 bits per heavy atom. The van der Waals surface area contributed by atoms with Crippen molar-refractivity contribution in [2.75, 3.05) is 26.2 Å². The lowest BCUT2D eigenvalue weighted by atomic mass is 9.83. The molecule has 2 saturated heterocycles. The minimum Gasteiger partial charge on any atom is -0.344 e. The number of aromatic amines is 1. The Morgan fingerprint density at radius 1 is 1.17 bits per heavy atom. The van der Waals surface area contributed by atoms with Crippen molar-refractivity contribution in [2.45, 2.75) is 44.6 Å². The minimum atomic E-state index is -0.0134. The van der Waals surface area contributed by atoms with E-state index in [-0.39, 0.29) is 29.2 Å². The summed E-state index contributed by atoms with van der Waals surface area (Å²) in [5.74, 6) is 1.34. The van der Waals surface area contributed by atoms with E-state index >= 15 is 0 Å². The molecule has 5 rings (SSSR count). The molecule has 0 saturated carbocycles. The summed E-state index contributed by atoms with van der Waals surface area (Å²) in [4.78, 5) is 48.9. The molecule has 5 heterocycles. The Bertz CT molecular complexity index is 1010. The number of nitrogens with one attached hydrogen (secondary N) is 1. The van der Waals surface area contributed by atoms with Crippen LogP contribution in [0.2, 0.25) is 0 Å². The quantitative estimate of drug-likeness (QED) is 0.830. The fourth-order valence-electron chi connectivity index (χ4n) is 5.23. The van der Waals surface area contributed by atoms with E-state index in [0.717, 1.165) is 31.5 Å². The van der Waals surface area contributed by atoms with Crippen LogP contribution in [-0.2, 0) is 16.1 Å². The van der Waals surface area contributed by atoms with E-state index in [0.29, 0.717) is 50.4 Å². The van der Waals surface area contributed by atoms with Crippen LogP contribution in [0, 0.1) is 5.92 Å². The Balaban J connectivity index is 1.30. The summed E-state index contributed by atoms with van der Waals surface area (Å²) in [5, 5.41) is 0. The third kappa shape index (κ3) is 3.44. The van der Waals surface area contributed by atoms with E-state index in [1.54, 1.807) is 12.4 Å². The van der Waals surface area contributed by atoms with Crippen molar-refractivity contribution in [1.29, 1.82) is 0 Å². The van der Waals surface area contributed by atoms with Gasteiger partial charge in [0.2, 0.25) is 11.8 Å². The number of H-pyrrole nitrogens is 1. The smallest absolute Gasteiger partial charge is 0.261 e. The standard InChI is InChI=1S/C22H27N5O3/c28-19-3-1-2-9-25(19)10-6-20(29)26-12-15-11-16(14-26)18-5-4-17(21-23-7-8-24-21)22(30)27(18)13-15/h4-5,7-8,15-16H,1-3,6,9-14H2,(H,23,24)/t15-,16+/m0/s1. The van der Waals surface area contributed by atoms with E-state index in [9.17, 15) is 14.4 Å². The van der Waals surface area contributed by atoms with E-state index in [2.05, 4.69) is 9.97 Å². The van der Waals surface area contributed by atoms with Crippen molar-refractivity contribution in [1.82, 2.24) is 24.3 Å². The average molecular weight is 409 g/mol. The normalized spacial score (nSPS) is 23.4. The first-order chi connectivity index (χ1) is 14.6. The van der Waals surface area contributed by atoms with Crippen LogP contribution in [0.3, 0.4) is 0 Å². The molecular formula is C22H27N5O3. The molecule has 8 heteroatoms. The van der Waals surface area contributed by atoms with E-state index in [4.69, 9.17) is 0 Å². The third-order valence-electron chi connectivity index (χ3n) is 6.73. The number of hydrogen-bond acceptors (Lipinski definition) is 4. The van der Waals surface area contributed by atoms with Gasteiger partial charge in [-0.3, -0.25) is 14.4 Å². The number of imidazole rings is 1. The van der Waals surface area contributed by atoms with Gasteiger partial charge >= 0.3 is 0 Å². The second-order valence-electron chi connectivity index (χ2n) is 8.71. The van der Waals surface area contributed by atoms with E-state index in [1.807, 2.05) is 26.5 Å². The van der Waals surface area contributed by atoms with Crippen molar-refractivity contribution in [2.24, 2.45) is 5.92 Å². The average Bonchev–Trinajstić information content (AvgIpc) is 3.28. The highest BCUT2D eigenvalue weighted by Gasteiger charge is 2.36. The van der Waals surface area contributed by atoms with Gasteiger partial charge in [-0.1, -0.05) is 0 Å². The first-order valence-corrected chi connectivity index (χ1v) is 10.9. The Labute approximate surface area is 174 Å². The van der Waals surface area contributed by atoms with Crippen LogP contribution < -0.4 is 5.56 Å². The third-order valence-corrected chi connectivity index (χ3v) is 6.73. The molecule has 0 radical (unpaired) electrons. The maximum absolute atomic E-state index is 13.1. The summed E-state index contributed by atoms with van der Waals surface area (Å²) >= 11 is 0. The zero-order valence-electron chi connectivity index (χ0n) is 17.0. The number of piperidine rings is 2. The lowest BCUT2D eigenvalue weighted by Gasteiger charge is -2.43. The molecule has 0 aromatic carbocycles. The number of nitrogens with zero attached hydrogens (tertiary/aromatic N) is 4. The monoisotopic (exact) mass is 409 g/mol. The molecule has 2 aromatic rings. The summed E-state index contributed by atoms with van der Waals surface area (Å²) in [5.41, 5.74) is 1.58. The molecule has 2 fully saturated rings. The molecule has 2 bridgehead atoms. The van der Waals surface area contributed by atoms with Crippen molar-refractivity contribution in [3.63, 3.8) is 0 Å². The second kappa shape index (κ2) is 7.74. The highest BCUT2D eigenvalue weighted by Crippen LogP contribution is 2.35. The van der Waals surface area contributed by atoms with Gasteiger partial charge in [-0.05, 0) is 37.3 Å². The van der Waals surface area contributed by atoms with Crippen molar-refractivity contribution in [3.05, 3.63) is 40.6 Å². The molecule has 2 aromatic heterocycles. The number of hydrogen-bond donors (Lipinski definition) is 1. The van der Waals surface area contributed by atoms with Gasteiger partial charge in [0.05, 0.1) is 5.56 Å². The second-order valence-corrected chi connectivity index (χ2v) is 8.71. The van der Waals surface area contributed by atoms with Gasteiger partial charge in [0.25, 0.3) is 5.56 Å². The Kier molecular flexibility index (Phi) is 4.92. The van der Waals surface area contributed by atoms with Crippen molar-refractivity contribution in [3.8, 4) is 11.4 Å². The number of amides is 2. The van der Waals surface area contributed by atoms with E-state index in [1.165, 1.54) is 0 Å². The molecule has 2 amide bonds. The number of pyridine rings is 1. The zero-order chi connectivity index (χ0) is 20.7. The molecule has 158 valence electrons. The predicted molar refractivity (Wildman–Crippen MR) is 111 cm³/mol. The van der Waals surface area contributed by atoms with Gasteiger partial charge in [0.1, 0.15) is 5.82 Å². The van der Waals surface area contributed by atoms with Crippen molar-refractivity contribution < 1.29 is 9.59 Å². The summed E-state index contributed by atoms with van der Waals surface area (Å²) in [6.45, 7) is 3.24. The maximum atomic E-state index is 13.1. The lowest BCUT2D eigenvalue weighted by Crippen LogP contribution is -2.50. The van der Waals surface area contributed by atoms with Crippen LogP contribution in [0.1, 0.15) is 43.7 Å². The molecule has 3 aliphatic rings. The zero-order valence-corrected chi connectivity index (χ0v) is 17.0. The molecule has 8 nitrogen and oxygen atoms in total. The fraction of sp³-hybridized carbons (Fsp3) is 0.545. The SMILES string of the molecule is O=C1CCCCN1CCC(=O)N1C[C@@H]2C[C@H](C1)c1ccc(-c3ncc[nH]3)c(=O)n1C2. The van der Waals surface area contributed by atoms with Gasteiger partial charge in [0, 0.05) is 69.6 Å². The minimum absolute atomic E-state index is 0.0134. The van der Waals surface area contributed by atoms with Gasteiger partial charge in [-0.15, -0.1) is 0 Å². The fourth-order valence-corrected chi connectivity index (χ4v) is 5.23. The number of carbonyl (C=O) groups excluding carboxylic acids is 2. The Hall–Kier alpha value is -2.90. The number of rotatable bonds is 4. The molecule has 0 spiro atoms. The first-order valence-electron chi connectivity index (χ1n) is 10.9. The largest absolute Gasteiger partial charge is 0.344 e. The summed E-state index contributed by atoms with van der Waals surface area (Å²) < 4.78 is 1.88. The number of carbonyl (C=O) groups is 2. The molecule has 1 N–H and O–H groups in total. The van der Waals surface area contributed by atoms with Crippen LogP contribution in [0.15, 0.2) is 29.3 Å². The van der Waals surface area contributed by atoms with Gasteiger partial charge in [-0.2, -0.15) is 0 Å². The highest BCUT2D eigenvalue weighted by atomic mass is 16.2. The number of aromatic nitrogens is 3. The van der Waals surface area contributed by atoms with Crippen LogP contribution in [0.5, 0.6) is 0 Å². The van der Waals surface area contributed by atoms with Gasteiger partial charge in [-0.25, -0.2) is 4.98 Å². The molecular weight excluding hydrogens is 382 g/mol. The number of fused-ring (bicyclic) bond motifs is 4. The van der Waals surface area contributed by atoms with Gasteiger partial charge in [0.15, 0.2) is 0 Å². The Morgan fingerprint density at radius 3 is 2.87 bits per heavy atom.